The van der Waals surface area contributed by atoms with E-state index < -0.39 is 18.1 Å². The van der Waals surface area contributed by atoms with Gasteiger partial charge in [0.1, 0.15) is 6.04 Å². The molecule has 1 N–H and O–H groups in total. The fraction of sp³-hybridized carbons (Fsp3) is 0.750. The monoisotopic (exact) mass is 428 g/mol. The number of fused-ring (bicyclic) bond motifs is 1. The Kier molecular flexibility index (Phi) is 4.98. The Morgan fingerprint density at radius 2 is 1.45 bits per heavy atom. The van der Waals surface area contributed by atoms with Gasteiger partial charge in [-0.15, -0.1) is 0 Å². The van der Waals surface area contributed by atoms with E-state index >= 15 is 0 Å². The Morgan fingerprint density at radius 3 is 1.94 bits per heavy atom. The van der Waals surface area contributed by atoms with Gasteiger partial charge in [0, 0.05) is 5.54 Å². The van der Waals surface area contributed by atoms with Gasteiger partial charge in [0.05, 0.1) is 11.8 Å². The number of imide groups is 1. The van der Waals surface area contributed by atoms with Crippen molar-refractivity contribution in [2.24, 2.45) is 29.6 Å². The van der Waals surface area contributed by atoms with Crippen LogP contribution in [-0.2, 0) is 23.9 Å². The Hall–Kier alpha value is -2.18. The Balaban J connectivity index is 1.20. The SMILES string of the molecule is C[C@@H](OC(=O)[C@H](C)N1C(=O)[C@H]2CC=CC[C@H]2C1=O)C(=O)NC12CC3CC(CC(C3)C1)C2. The molecule has 0 spiro atoms. The van der Waals surface area contributed by atoms with Crippen molar-refractivity contribution in [1.82, 2.24) is 10.2 Å². The summed E-state index contributed by atoms with van der Waals surface area (Å²) in [5.74, 6) is -0.266. The minimum absolute atomic E-state index is 0.151. The summed E-state index contributed by atoms with van der Waals surface area (Å²) in [7, 11) is 0. The van der Waals surface area contributed by atoms with Gasteiger partial charge in [-0.1, -0.05) is 12.2 Å². The molecular weight excluding hydrogens is 396 g/mol. The zero-order valence-corrected chi connectivity index (χ0v) is 18.3. The highest BCUT2D eigenvalue weighted by molar-refractivity contribution is 6.08. The van der Waals surface area contributed by atoms with E-state index in [1.807, 2.05) is 12.2 Å². The predicted octanol–water partition coefficient (Wildman–Crippen LogP) is 2.34. The van der Waals surface area contributed by atoms with E-state index in [4.69, 9.17) is 4.74 Å². The summed E-state index contributed by atoms with van der Waals surface area (Å²) in [6, 6.07) is -1.03. The standard InChI is InChI=1S/C24H32N2O5/c1-13(26-21(28)18-5-3-4-6-19(18)22(26)29)23(30)31-14(2)20(27)25-24-10-15-7-16(11-24)9-17(8-15)12-24/h3-4,13-19H,5-12H2,1-2H3,(H,25,27)/t13-,14+,15?,16?,17?,18-,19+,24?/m0/s1. The molecule has 0 unspecified atom stereocenters. The van der Waals surface area contributed by atoms with E-state index in [1.165, 1.54) is 26.2 Å². The number of carbonyl (C=O) groups excluding carboxylic acids is 4. The van der Waals surface area contributed by atoms with Crippen molar-refractivity contribution >= 4 is 23.7 Å². The number of hydrogen-bond acceptors (Lipinski definition) is 5. The maximum atomic E-state index is 12.9. The number of rotatable bonds is 5. The molecule has 0 radical (unpaired) electrons. The van der Waals surface area contributed by atoms with Crippen molar-refractivity contribution in [3.05, 3.63) is 12.2 Å². The molecule has 5 fully saturated rings. The van der Waals surface area contributed by atoms with Crippen LogP contribution < -0.4 is 5.32 Å². The number of hydrogen-bond donors (Lipinski definition) is 1. The molecule has 1 heterocycles. The van der Waals surface area contributed by atoms with Crippen LogP contribution in [0, 0.1) is 29.6 Å². The molecule has 1 aliphatic heterocycles. The van der Waals surface area contributed by atoms with Gasteiger partial charge < -0.3 is 10.1 Å². The highest BCUT2D eigenvalue weighted by Crippen LogP contribution is 2.55. The van der Waals surface area contributed by atoms with Gasteiger partial charge in [-0.25, -0.2) is 4.79 Å². The third-order valence-corrected chi connectivity index (χ3v) is 8.36. The lowest BCUT2D eigenvalue weighted by molar-refractivity contribution is -0.165. The van der Waals surface area contributed by atoms with E-state index in [-0.39, 0.29) is 35.1 Å². The molecule has 4 bridgehead atoms. The normalized spacial score (nSPS) is 39.9. The Morgan fingerprint density at radius 1 is 0.968 bits per heavy atom. The first-order valence-electron chi connectivity index (χ1n) is 11.8. The summed E-state index contributed by atoms with van der Waals surface area (Å²) in [5, 5.41) is 3.22. The van der Waals surface area contributed by atoms with Gasteiger partial charge in [0.2, 0.25) is 11.8 Å². The van der Waals surface area contributed by atoms with Crippen LogP contribution in [0.1, 0.15) is 65.2 Å². The first kappa shape index (κ1) is 20.7. The number of ether oxygens (including phenoxy) is 1. The second kappa shape index (κ2) is 7.45. The molecule has 5 aliphatic carbocycles. The summed E-state index contributed by atoms with van der Waals surface area (Å²) in [4.78, 5) is 52.1. The summed E-state index contributed by atoms with van der Waals surface area (Å²) < 4.78 is 5.44. The first-order chi connectivity index (χ1) is 14.8. The molecule has 1 saturated heterocycles. The summed E-state index contributed by atoms with van der Waals surface area (Å²) >= 11 is 0. The fourth-order valence-corrected chi connectivity index (χ4v) is 7.27. The topological polar surface area (TPSA) is 92.8 Å². The van der Waals surface area contributed by atoms with Gasteiger partial charge in [0.25, 0.3) is 5.91 Å². The summed E-state index contributed by atoms with van der Waals surface area (Å²) in [5.41, 5.74) is -0.151. The molecule has 4 atom stereocenters. The lowest BCUT2D eigenvalue weighted by Crippen LogP contribution is -2.61. The predicted molar refractivity (Wildman–Crippen MR) is 111 cm³/mol. The number of allylic oxidation sites excluding steroid dienone is 2. The Bertz CT molecular complexity index is 788. The van der Waals surface area contributed by atoms with Crippen LogP contribution in [0.2, 0.25) is 0 Å². The first-order valence-corrected chi connectivity index (χ1v) is 11.8. The van der Waals surface area contributed by atoms with Crippen LogP contribution in [-0.4, -0.2) is 46.3 Å². The largest absolute Gasteiger partial charge is 0.451 e. The molecule has 0 aromatic heterocycles. The lowest BCUT2D eigenvalue weighted by atomic mass is 9.53. The van der Waals surface area contributed by atoms with Crippen molar-refractivity contribution in [2.45, 2.75) is 82.9 Å². The van der Waals surface area contributed by atoms with Crippen LogP contribution in [0.15, 0.2) is 12.2 Å². The molecule has 6 aliphatic rings. The second-order valence-electron chi connectivity index (χ2n) is 10.6. The lowest BCUT2D eigenvalue weighted by Gasteiger charge is -2.57. The van der Waals surface area contributed by atoms with Crippen LogP contribution >= 0.6 is 0 Å². The fourth-order valence-electron chi connectivity index (χ4n) is 7.27. The molecule has 0 aromatic carbocycles. The van der Waals surface area contributed by atoms with Gasteiger partial charge in [-0.2, -0.15) is 0 Å². The summed E-state index contributed by atoms with van der Waals surface area (Å²) in [6.45, 7) is 3.07. The number of esters is 1. The molecule has 4 saturated carbocycles. The number of likely N-dealkylation sites (tertiary alicyclic amines) is 1. The van der Waals surface area contributed by atoms with E-state index in [2.05, 4.69) is 5.32 Å². The molecule has 168 valence electrons. The van der Waals surface area contributed by atoms with Gasteiger partial charge in [-0.3, -0.25) is 19.3 Å². The van der Waals surface area contributed by atoms with Crippen molar-refractivity contribution in [3.8, 4) is 0 Å². The van der Waals surface area contributed by atoms with Crippen LogP contribution in [0.25, 0.3) is 0 Å². The van der Waals surface area contributed by atoms with Crippen molar-refractivity contribution in [1.29, 1.82) is 0 Å². The maximum Gasteiger partial charge on any atom is 0.329 e. The highest BCUT2D eigenvalue weighted by atomic mass is 16.5. The minimum atomic E-state index is -1.03. The van der Waals surface area contributed by atoms with E-state index in [0.29, 0.717) is 30.6 Å². The molecule has 3 amide bonds. The molecule has 6 rings (SSSR count). The molecule has 7 nitrogen and oxygen atoms in total. The minimum Gasteiger partial charge on any atom is -0.451 e. The quantitative estimate of drug-likeness (QED) is 0.412. The Labute approximate surface area is 182 Å². The highest BCUT2D eigenvalue weighted by Gasteiger charge is 2.53. The third kappa shape index (κ3) is 3.50. The zero-order valence-electron chi connectivity index (χ0n) is 18.3. The van der Waals surface area contributed by atoms with Crippen molar-refractivity contribution in [3.63, 3.8) is 0 Å². The number of nitrogens with zero attached hydrogens (tertiary/aromatic N) is 1. The average Bonchev–Trinajstić information content (AvgIpc) is 2.96. The van der Waals surface area contributed by atoms with E-state index in [9.17, 15) is 19.2 Å². The van der Waals surface area contributed by atoms with Crippen molar-refractivity contribution in [2.75, 3.05) is 0 Å². The van der Waals surface area contributed by atoms with E-state index in [1.54, 1.807) is 6.92 Å². The van der Waals surface area contributed by atoms with Gasteiger partial charge >= 0.3 is 5.97 Å². The molecule has 0 aromatic rings. The molecule has 7 heteroatoms. The smallest absolute Gasteiger partial charge is 0.329 e. The third-order valence-electron chi connectivity index (χ3n) is 8.36. The second-order valence-corrected chi connectivity index (χ2v) is 10.6. The molecule has 31 heavy (non-hydrogen) atoms. The van der Waals surface area contributed by atoms with E-state index in [0.717, 1.165) is 24.2 Å². The number of carbonyl (C=O) groups is 4. The summed E-state index contributed by atoms with van der Waals surface area (Å²) in [6.07, 6.45) is 10.8. The van der Waals surface area contributed by atoms with Gasteiger partial charge in [-0.05, 0) is 83.0 Å². The molecular formula is C24H32N2O5. The van der Waals surface area contributed by atoms with Crippen molar-refractivity contribution < 1.29 is 23.9 Å². The number of nitrogens with one attached hydrogen (secondary N) is 1. The van der Waals surface area contributed by atoms with Crippen LogP contribution in [0.3, 0.4) is 0 Å². The zero-order chi connectivity index (χ0) is 21.9. The number of amides is 3. The maximum absolute atomic E-state index is 12.9. The van der Waals surface area contributed by atoms with Crippen LogP contribution in [0.4, 0.5) is 0 Å². The average molecular weight is 429 g/mol. The van der Waals surface area contributed by atoms with Gasteiger partial charge in [0.15, 0.2) is 6.10 Å². The van der Waals surface area contributed by atoms with Crippen LogP contribution in [0.5, 0.6) is 0 Å².